The van der Waals surface area contributed by atoms with Gasteiger partial charge in [-0.1, -0.05) is 143 Å². The molecule has 1 heterocycles. The van der Waals surface area contributed by atoms with Gasteiger partial charge in [-0.25, -0.2) is 0 Å². The Bertz CT molecular complexity index is 1830. The Labute approximate surface area is 255 Å². The molecule has 0 radical (unpaired) electrons. The van der Waals surface area contributed by atoms with Gasteiger partial charge in [0, 0.05) is 11.0 Å². The Morgan fingerprint density at radius 1 is 0.558 bits per heavy atom. The average Bonchev–Trinajstić information content (AvgIpc) is 3.51. The lowest BCUT2D eigenvalue weighted by Gasteiger charge is -2.26. The van der Waals surface area contributed by atoms with Gasteiger partial charge in [-0.05, 0) is 70.5 Å². The van der Waals surface area contributed by atoms with Crippen molar-refractivity contribution in [2.24, 2.45) is 0 Å². The van der Waals surface area contributed by atoms with Gasteiger partial charge in [-0.3, -0.25) is 4.57 Å². The van der Waals surface area contributed by atoms with Crippen LogP contribution >= 0.6 is 0 Å². The molecule has 0 N–H and O–H groups in total. The van der Waals surface area contributed by atoms with Crippen LogP contribution in [0, 0.1) is 6.92 Å². The van der Waals surface area contributed by atoms with Gasteiger partial charge in [0.05, 0.1) is 5.69 Å². The summed E-state index contributed by atoms with van der Waals surface area (Å²) in [5.41, 5.74) is 10.4. The van der Waals surface area contributed by atoms with E-state index in [4.69, 9.17) is 10.2 Å². The third kappa shape index (κ3) is 5.94. The number of aromatic nitrogens is 3. The maximum atomic E-state index is 4.91. The van der Waals surface area contributed by atoms with E-state index in [9.17, 15) is 0 Å². The molecule has 6 aromatic rings. The van der Waals surface area contributed by atoms with Crippen molar-refractivity contribution in [2.45, 2.75) is 52.4 Å². The summed E-state index contributed by atoms with van der Waals surface area (Å²) in [5.74, 6) is 1.87. The van der Waals surface area contributed by atoms with Crippen molar-refractivity contribution in [3.8, 4) is 50.5 Å². The molecule has 0 unspecified atom stereocenters. The molecule has 1 aromatic heterocycles. The summed E-state index contributed by atoms with van der Waals surface area (Å²) in [5, 5.41) is 9.79. The topological polar surface area (TPSA) is 30.7 Å². The molecule has 3 nitrogen and oxygen atoms in total. The first-order valence-electron chi connectivity index (χ1n) is 15.3. The molecule has 0 saturated carbocycles. The highest BCUT2D eigenvalue weighted by Gasteiger charge is 2.30. The Morgan fingerprint density at radius 3 is 1.67 bits per heavy atom. The molecule has 43 heavy (non-hydrogen) atoms. The van der Waals surface area contributed by atoms with E-state index in [1.165, 1.54) is 38.9 Å². The minimum atomic E-state index is -0.145. The molecule has 0 saturated heterocycles. The van der Waals surface area contributed by atoms with Gasteiger partial charge >= 0.3 is 0 Å². The number of unbranched alkanes of at least 4 members (excludes halogenated alkanes) is 1. The molecule has 5 aromatic carbocycles. The predicted octanol–water partition coefficient (Wildman–Crippen LogP) is 10.7. The van der Waals surface area contributed by atoms with Gasteiger partial charge < -0.3 is 0 Å². The normalized spacial score (nSPS) is 11.5. The molecule has 0 bridgehead atoms. The largest absolute Gasteiger partial charge is 0.278 e. The monoisotopic (exact) mass is 561 g/mol. The first-order chi connectivity index (χ1) is 20.9. The third-order valence-electron chi connectivity index (χ3n) is 8.40. The van der Waals surface area contributed by atoms with Gasteiger partial charge in [-0.2, -0.15) is 0 Å². The van der Waals surface area contributed by atoms with E-state index < -0.39 is 0 Å². The molecule has 0 atom stereocenters. The van der Waals surface area contributed by atoms with Crippen LogP contribution in [0.25, 0.3) is 50.5 Å². The van der Waals surface area contributed by atoms with Crippen LogP contribution in [0.2, 0.25) is 0 Å². The van der Waals surface area contributed by atoms with Gasteiger partial charge in [0.1, 0.15) is 5.82 Å². The predicted molar refractivity (Wildman–Crippen MR) is 180 cm³/mol. The number of hydrogen-bond donors (Lipinski definition) is 0. The molecule has 0 aliphatic heterocycles. The van der Waals surface area contributed by atoms with Crippen molar-refractivity contribution in [1.82, 2.24) is 14.8 Å². The van der Waals surface area contributed by atoms with Crippen LogP contribution in [-0.4, -0.2) is 14.8 Å². The van der Waals surface area contributed by atoms with Crippen molar-refractivity contribution in [3.05, 3.63) is 139 Å². The van der Waals surface area contributed by atoms with Crippen LogP contribution < -0.4 is 0 Å². The first-order valence-corrected chi connectivity index (χ1v) is 15.3. The molecule has 0 spiro atoms. The fraction of sp³-hybridized carbons (Fsp3) is 0.200. The lowest BCUT2D eigenvalue weighted by atomic mass is 9.86. The van der Waals surface area contributed by atoms with E-state index in [-0.39, 0.29) is 5.41 Å². The SMILES string of the molecule is CCCCC(C)(C)c1nnc(-c2cccc(-c3ccccc3)c2)n1-c1cc(-c2cccc(-c3ccccc3)c2)ccc1C. The second-order valence-electron chi connectivity index (χ2n) is 12.1. The van der Waals surface area contributed by atoms with Crippen LogP contribution in [0.15, 0.2) is 127 Å². The molecule has 214 valence electrons. The maximum Gasteiger partial charge on any atom is 0.168 e. The summed E-state index contributed by atoms with van der Waals surface area (Å²) in [7, 11) is 0. The number of rotatable bonds is 9. The van der Waals surface area contributed by atoms with Crippen molar-refractivity contribution in [2.75, 3.05) is 0 Å². The summed E-state index contributed by atoms with van der Waals surface area (Å²) in [6, 6.07) is 45.4. The molecular weight excluding hydrogens is 522 g/mol. The fourth-order valence-electron chi connectivity index (χ4n) is 5.88. The van der Waals surface area contributed by atoms with Crippen molar-refractivity contribution in [1.29, 1.82) is 0 Å². The van der Waals surface area contributed by atoms with Crippen molar-refractivity contribution in [3.63, 3.8) is 0 Å². The van der Waals surface area contributed by atoms with Crippen LogP contribution in [-0.2, 0) is 5.41 Å². The molecular formula is C40H39N3. The summed E-state index contributed by atoms with van der Waals surface area (Å²) in [6.07, 6.45) is 3.34. The van der Waals surface area contributed by atoms with Gasteiger partial charge in [-0.15, -0.1) is 10.2 Å². The quantitative estimate of drug-likeness (QED) is 0.176. The van der Waals surface area contributed by atoms with Crippen LogP contribution in [0.4, 0.5) is 0 Å². The molecule has 0 aliphatic carbocycles. The lowest BCUT2D eigenvalue weighted by molar-refractivity contribution is 0.425. The van der Waals surface area contributed by atoms with Crippen molar-refractivity contribution >= 4 is 0 Å². The Balaban J connectivity index is 1.51. The van der Waals surface area contributed by atoms with Crippen molar-refractivity contribution < 1.29 is 0 Å². The summed E-state index contributed by atoms with van der Waals surface area (Å²) >= 11 is 0. The zero-order chi connectivity index (χ0) is 29.8. The number of benzene rings is 5. The van der Waals surface area contributed by atoms with E-state index in [0.29, 0.717) is 0 Å². The van der Waals surface area contributed by atoms with Gasteiger partial charge in [0.15, 0.2) is 5.82 Å². The summed E-state index contributed by atoms with van der Waals surface area (Å²) in [4.78, 5) is 0. The molecule has 0 fully saturated rings. The second-order valence-corrected chi connectivity index (χ2v) is 12.1. The van der Waals surface area contributed by atoms with Crippen LogP contribution in [0.3, 0.4) is 0 Å². The minimum Gasteiger partial charge on any atom is -0.278 e. The Kier molecular flexibility index (Phi) is 8.07. The molecule has 6 rings (SSSR count). The smallest absolute Gasteiger partial charge is 0.168 e. The molecule has 3 heteroatoms. The number of hydrogen-bond acceptors (Lipinski definition) is 2. The number of aryl methyl sites for hydroxylation is 1. The second kappa shape index (κ2) is 12.2. The average molecular weight is 562 g/mol. The van der Waals surface area contributed by atoms with E-state index >= 15 is 0 Å². The summed E-state index contributed by atoms with van der Waals surface area (Å²) < 4.78 is 2.32. The number of nitrogens with zero attached hydrogens (tertiary/aromatic N) is 3. The standard InChI is InChI=1S/C40H39N3/c1-5-6-25-40(3,4)39-42-41-38(36-22-14-20-33(27-36)31-17-11-8-12-18-31)43(39)37-28-35(24-23-29(37)2)34-21-13-19-32(26-34)30-15-9-7-10-16-30/h7-24,26-28H,5-6,25H2,1-4H3. The van der Waals surface area contributed by atoms with Gasteiger partial charge in [0.2, 0.25) is 0 Å². The first kappa shape index (κ1) is 28.4. The van der Waals surface area contributed by atoms with E-state index in [2.05, 4.69) is 160 Å². The van der Waals surface area contributed by atoms with E-state index in [1.807, 2.05) is 0 Å². The maximum absolute atomic E-state index is 4.91. The Hall–Kier alpha value is -4.76. The Morgan fingerprint density at radius 2 is 1.07 bits per heavy atom. The molecule has 0 aliphatic rings. The van der Waals surface area contributed by atoms with E-state index in [0.717, 1.165) is 42.2 Å². The highest BCUT2D eigenvalue weighted by molar-refractivity contribution is 5.76. The minimum absolute atomic E-state index is 0.145. The van der Waals surface area contributed by atoms with Crippen LogP contribution in [0.1, 0.15) is 51.4 Å². The highest BCUT2D eigenvalue weighted by atomic mass is 15.3. The summed E-state index contributed by atoms with van der Waals surface area (Å²) in [6.45, 7) is 9.04. The fourth-order valence-corrected chi connectivity index (χ4v) is 5.88. The highest BCUT2D eigenvalue weighted by Crippen LogP contribution is 2.37. The lowest BCUT2D eigenvalue weighted by Crippen LogP contribution is -2.23. The van der Waals surface area contributed by atoms with E-state index in [1.54, 1.807) is 0 Å². The third-order valence-corrected chi connectivity index (χ3v) is 8.40. The zero-order valence-electron chi connectivity index (χ0n) is 25.6. The zero-order valence-corrected chi connectivity index (χ0v) is 25.6. The van der Waals surface area contributed by atoms with Gasteiger partial charge in [0.25, 0.3) is 0 Å². The molecule has 0 amide bonds. The van der Waals surface area contributed by atoms with Crippen LogP contribution in [0.5, 0.6) is 0 Å².